The van der Waals surface area contributed by atoms with Gasteiger partial charge in [-0.15, -0.1) is 0 Å². The largest absolute Gasteiger partial charge is 0.0648 e. The van der Waals surface area contributed by atoms with Gasteiger partial charge in [-0.1, -0.05) is 50.2 Å². The van der Waals surface area contributed by atoms with Gasteiger partial charge in [-0.25, -0.2) is 0 Å². The van der Waals surface area contributed by atoms with E-state index >= 15 is 0 Å². The van der Waals surface area contributed by atoms with Crippen LogP contribution in [0, 0.1) is 6.07 Å². The molecule has 0 N–H and O–H groups in total. The normalized spacial score (nSPS) is 14.2. The van der Waals surface area contributed by atoms with Crippen molar-refractivity contribution in [3.05, 3.63) is 59.2 Å². The Hall–Kier alpha value is -1.56. The van der Waals surface area contributed by atoms with Crippen LogP contribution in [0.25, 0.3) is 11.1 Å². The van der Waals surface area contributed by atoms with E-state index in [4.69, 9.17) is 0 Å². The molecule has 0 saturated heterocycles. The van der Waals surface area contributed by atoms with Gasteiger partial charge in [-0.3, -0.25) is 0 Å². The number of hydrogen-bond donors (Lipinski definition) is 0. The molecule has 0 amide bonds. The van der Waals surface area contributed by atoms with Gasteiger partial charge in [0.1, 0.15) is 0 Å². The Kier molecular flexibility index (Phi) is 2.51. The van der Waals surface area contributed by atoms with Crippen molar-refractivity contribution in [2.75, 3.05) is 0 Å². The first-order valence-corrected chi connectivity index (χ1v) is 6.43. The topological polar surface area (TPSA) is 0 Å². The molecule has 1 radical (unpaired) electrons. The Morgan fingerprint density at radius 2 is 1.94 bits per heavy atom. The van der Waals surface area contributed by atoms with Crippen molar-refractivity contribution in [1.29, 1.82) is 0 Å². The van der Waals surface area contributed by atoms with E-state index < -0.39 is 0 Å². The highest BCUT2D eigenvalue weighted by Crippen LogP contribution is 2.37. The van der Waals surface area contributed by atoms with Gasteiger partial charge >= 0.3 is 0 Å². The maximum absolute atomic E-state index is 3.62. The molecule has 1 aliphatic carbocycles. The highest BCUT2D eigenvalue weighted by atomic mass is 14.2. The Morgan fingerprint density at radius 1 is 1.12 bits per heavy atom. The average Bonchev–Trinajstić information content (AvgIpc) is 2.75. The Labute approximate surface area is 103 Å². The molecule has 0 nitrogen and oxygen atoms in total. The van der Waals surface area contributed by atoms with Crippen LogP contribution in [0.3, 0.4) is 0 Å². The van der Waals surface area contributed by atoms with E-state index in [2.05, 4.69) is 56.3 Å². The zero-order chi connectivity index (χ0) is 11.8. The maximum Gasteiger partial charge on any atom is -0.000718 e. The molecule has 1 aliphatic rings. The van der Waals surface area contributed by atoms with Crippen LogP contribution in [0.5, 0.6) is 0 Å². The van der Waals surface area contributed by atoms with Crippen LogP contribution in [0.4, 0.5) is 0 Å². The van der Waals surface area contributed by atoms with Crippen LogP contribution in [0.2, 0.25) is 0 Å². The van der Waals surface area contributed by atoms with Crippen molar-refractivity contribution in [3.63, 3.8) is 0 Å². The average molecular weight is 221 g/mol. The van der Waals surface area contributed by atoms with Crippen LogP contribution >= 0.6 is 0 Å². The summed E-state index contributed by atoms with van der Waals surface area (Å²) >= 11 is 0. The number of hydrogen-bond acceptors (Lipinski definition) is 0. The monoisotopic (exact) mass is 221 g/mol. The molecule has 2 aromatic rings. The smallest absolute Gasteiger partial charge is 0.000718 e. The third kappa shape index (κ3) is 1.68. The van der Waals surface area contributed by atoms with Crippen LogP contribution in [-0.2, 0) is 6.42 Å². The zero-order valence-electron chi connectivity index (χ0n) is 10.5. The molecular formula is C17H17. The van der Waals surface area contributed by atoms with Crippen molar-refractivity contribution in [2.45, 2.75) is 32.6 Å². The minimum Gasteiger partial charge on any atom is -0.0648 e. The molecule has 0 aliphatic heterocycles. The van der Waals surface area contributed by atoms with Crippen molar-refractivity contribution in [1.82, 2.24) is 0 Å². The lowest BCUT2D eigenvalue weighted by atomic mass is 9.94. The molecular weight excluding hydrogens is 204 g/mol. The first kappa shape index (κ1) is 10.6. The van der Waals surface area contributed by atoms with E-state index in [1.807, 2.05) is 0 Å². The third-order valence-electron chi connectivity index (χ3n) is 3.87. The van der Waals surface area contributed by atoms with Crippen LogP contribution < -0.4 is 0 Å². The summed E-state index contributed by atoms with van der Waals surface area (Å²) in [5.41, 5.74) is 6.96. The number of fused-ring (bicyclic) bond motifs is 3. The summed E-state index contributed by atoms with van der Waals surface area (Å²) in [6.07, 6.45) is 2.23. The molecule has 3 rings (SSSR count). The summed E-state index contributed by atoms with van der Waals surface area (Å²) in [4.78, 5) is 0. The third-order valence-corrected chi connectivity index (χ3v) is 3.87. The quantitative estimate of drug-likeness (QED) is 0.594. The second-order valence-corrected chi connectivity index (χ2v) is 4.95. The van der Waals surface area contributed by atoms with E-state index in [1.54, 1.807) is 0 Å². The summed E-state index contributed by atoms with van der Waals surface area (Å²) in [6, 6.07) is 16.8. The SMILES string of the molecule is CCC(C)c1[c]c2c(cc1)-c1ccccc1C2. The second kappa shape index (κ2) is 4.03. The minimum absolute atomic E-state index is 0.615. The highest BCUT2D eigenvalue weighted by molar-refractivity contribution is 5.76. The Bertz CT molecular complexity index is 552. The molecule has 0 saturated carbocycles. The summed E-state index contributed by atoms with van der Waals surface area (Å²) < 4.78 is 0. The van der Waals surface area contributed by atoms with Gasteiger partial charge in [0, 0.05) is 0 Å². The van der Waals surface area contributed by atoms with Crippen molar-refractivity contribution < 1.29 is 0 Å². The molecule has 85 valence electrons. The zero-order valence-corrected chi connectivity index (χ0v) is 10.5. The standard InChI is InChI=1S/C17H17/c1-3-12(2)13-8-9-17-15(10-13)11-14-6-4-5-7-16(14)17/h4-9,12H,3,11H2,1-2H3. The Morgan fingerprint density at radius 3 is 2.76 bits per heavy atom. The molecule has 0 aromatic heterocycles. The van der Waals surface area contributed by atoms with Gasteiger partial charge in [-0.05, 0) is 52.6 Å². The predicted molar refractivity (Wildman–Crippen MR) is 72.2 cm³/mol. The van der Waals surface area contributed by atoms with Gasteiger partial charge < -0.3 is 0 Å². The lowest BCUT2D eigenvalue weighted by molar-refractivity contribution is 0.731. The molecule has 1 unspecified atom stereocenters. The molecule has 0 bridgehead atoms. The molecule has 0 fully saturated rings. The summed E-state index contributed by atoms with van der Waals surface area (Å²) in [6.45, 7) is 4.51. The van der Waals surface area contributed by atoms with Gasteiger partial charge in [0.2, 0.25) is 0 Å². The lowest BCUT2D eigenvalue weighted by Crippen LogP contribution is -1.93. The van der Waals surface area contributed by atoms with E-state index in [0.717, 1.165) is 6.42 Å². The van der Waals surface area contributed by atoms with Crippen LogP contribution in [-0.4, -0.2) is 0 Å². The van der Waals surface area contributed by atoms with E-state index in [1.165, 1.54) is 34.2 Å². The molecule has 17 heavy (non-hydrogen) atoms. The van der Waals surface area contributed by atoms with E-state index in [9.17, 15) is 0 Å². The first-order valence-electron chi connectivity index (χ1n) is 6.43. The molecule has 0 heterocycles. The summed E-state index contributed by atoms with van der Waals surface area (Å²) in [5, 5.41) is 0. The Balaban J connectivity index is 2.07. The molecule has 2 aromatic carbocycles. The second-order valence-electron chi connectivity index (χ2n) is 4.95. The van der Waals surface area contributed by atoms with Crippen molar-refractivity contribution >= 4 is 0 Å². The lowest BCUT2D eigenvalue weighted by Gasteiger charge is -2.10. The van der Waals surface area contributed by atoms with Gasteiger partial charge in [0.15, 0.2) is 0 Å². The molecule has 0 heteroatoms. The van der Waals surface area contributed by atoms with E-state index in [-0.39, 0.29) is 0 Å². The number of rotatable bonds is 2. The van der Waals surface area contributed by atoms with Crippen molar-refractivity contribution in [2.24, 2.45) is 0 Å². The molecule has 1 atom stereocenters. The predicted octanol–water partition coefficient (Wildman–Crippen LogP) is 4.57. The number of benzene rings is 2. The fourth-order valence-corrected chi connectivity index (χ4v) is 2.58. The summed E-state index contributed by atoms with van der Waals surface area (Å²) in [7, 11) is 0. The summed E-state index contributed by atoms with van der Waals surface area (Å²) in [5.74, 6) is 0.615. The van der Waals surface area contributed by atoms with Gasteiger partial charge in [0.05, 0.1) is 0 Å². The molecule has 0 spiro atoms. The fraction of sp³-hybridized carbons (Fsp3) is 0.294. The first-order chi connectivity index (χ1) is 8.29. The van der Waals surface area contributed by atoms with E-state index in [0.29, 0.717) is 5.92 Å². The minimum atomic E-state index is 0.615. The van der Waals surface area contributed by atoms with Gasteiger partial charge in [0.25, 0.3) is 0 Å². The van der Waals surface area contributed by atoms with Crippen molar-refractivity contribution in [3.8, 4) is 11.1 Å². The van der Waals surface area contributed by atoms with Crippen LogP contribution in [0.15, 0.2) is 36.4 Å². The fourth-order valence-electron chi connectivity index (χ4n) is 2.58. The van der Waals surface area contributed by atoms with Gasteiger partial charge in [-0.2, -0.15) is 0 Å². The maximum atomic E-state index is 3.62. The highest BCUT2D eigenvalue weighted by Gasteiger charge is 2.18. The van der Waals surface area contributed by atoms with Crippen LogP contribution in [0.1, 0.15) is 42.9 Å².